The van der Waals surface area contributed by atoms with E-state index in [0.29, 0.717) is 12.0 Å². The third-order valence-electron chi connectivity index (χ3n) is 6.28. The molecule has 6 rings (SSSR count). The third-order valence-corrected chi connectivity index (χ3v) is 6.28. The van der Waals surface area contributed by atoms with Gasteiger partial charge in [0.05, 0.1) is 29.8 Å². The molecule has 1 aliphatic carbocycles. The summed E-state index contributed by atoms with van der Waals surface area (Å²) in [6.07, 6.45) is 9.42. The van der Waals surface area contributed by atoms with E-state index in [2.05, 4.69) is 32.2 Å². The highest BCUT2D eigenvalue weighted by Crippen LogP contribution is 2.53. The number of rotatable bonds is 3. The Morgan fingerprint density at radius 3 is 2.68 bits per heavy atom. The molecule has 142 valence electrons. The lowest BCUT2D eigenvalue weighted by atomic mass is 10.1. The van der Waals surface area contributed by atoms with Crippen molar-refractivity contribution in [1.82, 2.24) is 24.5 Å². The van der Waals surface area contributed by atoms with Crippen LogP contribution >= 0.6 is 0 Å². The lowest BCUT2D eigenvalue weighted by molar-refractivity contribution is 0.248. The van der Waals surface area contributed by atoms with E-state index in [9.17, 15) is 4.79 Å². The van der Waals surface area contributed by atoms with Crippen molar-refractivity contribution >= 4 is 17.5 Å². The Morgan fingerprint density at radius 2 is 2.04 bits per heavy atom. The highest BCUT2D eigenvalue weighted by Gasteiger charge is 2.47. The van der Waals surface area contributed by atoms with Gasteiger partial charge in [0.15, 0.2) is 0 Å². The Kier molecular flexibility index (Phi) is 3.08. The van der Waals surface area contributed by atoms with Crippen LogP contribution < -0.4 is 9.80 Å². The summed E-state index contributed by atoms with van der Waals surface area (Å²) < 4.78 is 3.17. The quantitative estimate of drug-likeness (QED) is 0.704. The molecule has 28 heavy (non-hydrogen) atoms. The van der Waals surface area contributed by atoms with Crippen molar-refractivity contribution in [2.45, 2.75) is 25.8 Å². The number of carbonyl (C=O) groups excluding carboxylic acids is 1. The first-order valence-electron chi connectivity index (χ1n) is 9.71. The van der Waals surface area contributed by atoms with Crippen LogP contribution in [0.2, 0.25) is 0 Å². The van der Waals surface area contributed by atoms with Gasteiger partial charge in [0.2, 0.25) is 0 Å². The summed E-state index contributed by atoms with van der Waals surface area (Å²) in [6, 6.07) is 5.96. The number of aromatic nitrogens is 5. The molecule has 0 atom stereocenters. The monoisotopic (exact) mass is 375 g/mol. The lowest BCUT2D eigenvalue weighted by Crippen LogP contribution is -2.26. The Morgan fingerprint density at radius 1 is 1.14 bits per heavy atom. The molecule has 0 bridgehead atoms. The van der Waals surface area contributed by atoms with Gasteiger partial charge in [-0.05, 0) is 42.9 Å². The maximum absolute atomic E-state index is 12.7. The van der Waals surface area contributed by atoms with E-state index < -0.39 is 0 Å². The Labute approximate surface area is 162 Å². The summed E-state index contributed by atoms with van der Waals surface area (Å²) in [5.74, 6) is 1.04. The molecule has 3 aromatic rings. The molecule has 8 heteroatoms. The van der Waals surface area contributed by atoms with Crippen molar-refractivity contribution in [3.05, 3.63) is 42.5 Å². The summed E-state index contributed by atoms with van der Waals surface area (Å²) in [5.41, 5.74) is 3.97. The van der Waals surface area contributed by atoms with Crippen LogP contribution in [0.5, 0.6) is 0 Å². The molecule has 1 amide bonds. The number of hydrogen-bond donors (Lipinski definition) is 0. The van der Waals surface area contributed by atoms with Crippen LogP contribution in [0.4, 0.5) is 16.3 Å². The minimum atomic E-state index is -0.148. The molecule has 0 radical (unpaired) electrons. The number of nitrogens with zero attached hydrogens (tertiary/aromatic N) is 7. The predicted molar refractivity (Wildman–Crippen MR) is 104 cm³/mol. The van der Waals surface area contributed by atoms with Crippen LogP contribution in [-0.4, -0.2) is 43.7 Å². The first kappa shape index (κ1) is 15.9. The lowest BCUT2D eigenvalue weighted by Gasteiger charge is -2.17. The summed E-state index contributed by atoms with van der Waals surface area (Å²) in [4.78, 5) is 21.5. The van der Waals surface area contributed by atoms with Crippen molar-refractivity contribution in [2.24, 2.45) is 12.5 Å². The van der Waals surface area contributed by atoms with Crippen molar-refractivity contribution in [2.75, 3.05) is 22.9 Å². The highest BCUT2D eigenvalue weighted by molar-refractivity contribution is 5.96. The van der Waals surface area contributed by atoms with Gasteiger partial charge in [-0.3, -0.25) is 9.58 Å². The highest BCUT2D eigenvalue weighted by atomic mass is 16.2. The number of anilines is 2. The Bertz CT molecular complexity index is 1080. The van der Waals surface area contributed by atoms with E-state index in [1.165, 1.54) is 23.9 Å². The second-order valence-electron chi connectivity index (χ2n) is 8.25. The molecule has 1 saturated heterocycles. The number of amides is 1. The minimum absolute atomic E-state index is 0.148. The molecule has 1 saturated carbocycles. The van der Waals surface area contributed by atoms with Crippen LogP contribution in [0.25, 0.3) is 11.3 Å². The molecule has 2 fully saturated rings. The molecule has 0 N–H and O–H groups in total. The number of hydrogen-bond acceptors (Lipinski definition) is 5. The van der Waals surface area contributed by atoms with Crippen LogP contribution in [0.1, 0.15) is 25.0 Å². The van der Waals surface area contributed by atoms with Crippen LogP contribution in [0.3, 0.4) is 0 Å². The van der Waals surface area contributed by atoms with Gasteiger partial charge in [0.25, 0.3) is 0 Å². The van der Waals surface area contributed by atoms with E-state index in [4.69, 9.17) is 0 Å². The number of aryl methyl sites for hydroxylation is 1. The summed E-state index contributed by atoms with van der Waals surface area (Å²) >= 11 is 0. The first-order chi connectivity index (χ1) is 13.6. The SMILES string of the molecule is Cn1cc(N2Cc3cc(-c4ccc(N5CCC6(CC6)C5)nc4)nn3C2=O)cn1. The molecule has 8 nitrogen and oxygen atoms in total. The second-order valence-corrected chi connectivity index (χ2v) is 8.25. The average molecular weight is 375 g/mol. The van der Waals surface area contributed by atoms with Crippen LogP contribution in [0.15, 0.2) is 36.8 Å². The van der Waals surface area contributed by atoms with Crippen molar-refractivity contribution in [1.29, 1.82) is 0 Å². The largest absolute Gasteiger partial charge is 0.356 e. The van der Waals surface area contributed by atoms with Crippen molar-refractivity contribution in [3.63, 3.8) is 0 Å². The predicted octanol–water partition coefficient (Wildman–Crippen LogP) is 2.66. The smallest absolute Gasteiger partial charge is 0.349 e. The first-order valence-corrected chi connectivity index (χ1v) is 9.71. The van der Waals surface area contributed by atoms with Gasteiger partial charge < -0.3 is 4.90 Å². The van der Waals surface area contributed by atoms with E-state index in [-0.39, 0.29) is 6.03 Å². The molecule has 0 aromatic carbocycles. The van der Waals surface area contributed by atoms with Gasteiger partial charge in [0.1, 0.15) is 5.82 Å². The van der Waals surface area contributed by atoms with E-state index >= 15 is 0 Å². The molecule has 5 heterocycles. The Hall–Kier alpha value is -3.16. The van der Waals surface area contributed by atoms with Crippen LogP contribution in [0, 0.1) is 5.41 Å². The molecule has 1 spiro atoms. The molecular formula is C20H21N7O. The fraction of sp³-hybridized carbons (Fsp3) is 0.400. The van der Waals surface area contributed by atoms with Gasteiger partial charge in [-0.1, -0.05) is 0 Å². The summed E-state index contributed by atoms with van der Waals surface area (Å²) in [5, 5.41) is 8.67. The van der Waals surface area contributed by atoms with Gasteiger partial charge >= 0.3 is 6.03 Å². The average Bonchev–Trinajstić information content (AvgIpc) is 3.07. The zero-order chi connectivity index (χ0) is 18.9. The zero-order valence-corrected chi connectivity index (χ0v) is 15.7. The van der Waals surface area contributed by atoms with Crippen molar-refractivity contribution < 1.29 is 4.79 Å². The topological polar surface area (TPSA) is 72.1 Å². The molecular weight excluding hydrogens is 354 g/mol. The van der Waals surface area contributed by atoms with Gasteiger partial charge in [-0.2, -0.15) is 14.9 Å². The van der Waals surface area contributed by atoms with Crippen molar-refractivity contribution in [3.8, 4) is 11.3 Å². The zero-order valence-electron chi connectivity index (χ0n) is 15.7. The fourth-order valence-electron chi connectivity index (χ4n) is 4.37. The number of fused-ring (bicyclic) bond motifs is 1. The third kappa shape index (κ3) is 2.37. The summed E-state index contributed by atoms with van der Waals surface area (Å²) in [6.45, 7) is 2.74. The fourth-order valence-corrected chi connectivity index (χ4v) is 4.37. The second kappa shape index (κ2) is 5.43. The maximum atomic E-state index is 12.7. The minimum Gasteiger partial charge on any atom is -0.356 e. The van der Waals surface area contributed by atoms with E-state index in [0.717, 1.165) is 41.5 Å². The number of carbonyl (C=O) groups is 1. The normalized spacial score (nSPS) is 19.7. The molecule has 0 unspecified atom stereocenters. The van der Waals surface area contributed by atoms with Crippen LogP contribution in [-0.2, 0) is 13.6 Å². The standard InChI is InChI=1S/C20H21N7O/c1-24-11-16(10-22-24)26-12-15-8-17(23-27(15)19(26)28)14-2-3-18(21-9-14)25-7-6-20(13-25)4-5-20/h2-3,8-11H,4-7,12-13H2,1H3. The molecule has 3 aromatic heterocycles. The van der Waals surface area contributed by atoms with E-state index in [1.54, 1.807) is 15.8 Å². The molecule has 2 aliphatic heterocycles. The van der Waals surface area contributed by atoms with Gasteiger partial charge in [0, 0.05) is 38.1 Å². The van der Waals surface area contributed by atoms with Gasteiger partial charge in [-0.15, -0.1) is 0 Å². The molecule has 3 aliphatic rings. The summed E-state index contributed by atoms with van der Waals surface area (Å²) in [7, 11) is 1.84. The number of pyridine rings is 1. The Balaban J connectivity index is 1.22. The van der Waals surface area contributed by atoms with Gasteiger partial charge in [-0.25, -0.2) is 9.78 Å². The van der Waals surface area contributed by atoms with E-state index in [1.807, 2.05) is 25.5 Å². The maximum Gasteiger partial charge on any atom is 0.349 e.